The van der Waals surface area contributed by atoms with E-state index in [1.54, 1.807) is 6.92 Å². The van der Waals surface area contributed by atoms with Crippen molar-refractivity contribution in [1.82, 2.24) is 0 Å². The highest BCUT2D eigenvalue weighted by atomic mass is 16.6. The van der Waals surface area contributed by atoms with Crippen LogP contribution >= 0.6 is 0 Å². The van der Waals surface area contributed by atoms with Crippen molar-refractivity contribution in [2.24, 2.45) is 5.73 Å². The second-order valence-electron chi connectivity index (χ2n) is 3.46. The SMILES string of the molecule is CC[C@H](N)C(=O)Nc1ccc(O)cc1[N+](=O)[O-]. The second kappa shape index (κ2) is 5.26. The zero-order valence-electron chi connectivity index (χ0n) is 9.21. The average molecular weight is 239 g/mol. The van der Waals surface area contributed by atoms with E-state index in [0.29, 0.717) is 6.42 Å². The number of carbonyl (C=O) groups excluding carboxylic acids is 1. The normalized spacial score (nSPS) is 11.9. The molecule has 17 heavy (non-hydrogen) atoms. The number of phenolic OH excluding ortho intramolecular Hbond substituents is 1. The van der Waals surface area contributed by atoms with E-state index in [1.165, 1.54) is 12.1 Å². The van der Waals surface area contributed by atoms with Crippen LogP contribution in [0.15, 0.2) is 18.2 Å². The molecule has 0 aromatic heterocycles. The lowest BCUT2D eigenvalue weighted by Crippen LogP contribution is -2.34. The third-order valence-electron chi connectivity index (χ3n) is 2.21. The summed E-state index contributed by atoms with van der Waals surface area (Å²) in [6, 6.07) is 2.75. The number of nitrogens with zero attached hydrogens (tertiary/aromatic N) is 1. The van der Waals surface area contributed by atoms with Crippen LogP contribution in [0.25, 0.3) is 0 Å². The zero-order valence-corrected chi connectivity index (χ0v) is 9.21. The molecule has 1 aromatic carbocycles. The summed E-state index contributed by atoms with van der Waals surface area (Å²) >= 11 is 0. The van der Waals surface area contributed by atoms with Gasteiger partial charge in [-0.15, -0.1) is 0 Å². The fourth-order valence-electron chi connectivity index (χ4n) is 1.19. The van der Waals surface area contributed by atoms with Gasteiger partial charge in [0.15, 0.2) is 0 Å². The van der Waals surface area contributed by atoms with Crippen LogP contribution in [0.3, 0.4) is 0 Å². The fourth-order valence-corrected chi connectivity index (χ4v) is 1.19. The van der Waals surface area contributed by atoms with Crippen LogP contribution < -0.4 is 11.1 Å². The number of nitro groups is 1. The van der Waals surface area contributed by atoms with Gasteiger partial charge in [0.25, 0.3) is 5.69 Å². The summed E-state index contributed by atoms with van der Waals surface area (Å²) in [4.78, 5) is 21.5. The predicted molar refractivity (Wildman–Crippen MR) is 61.7 cm³/mol. The quantitative estimate of drug-likeness (QED) is 0.411. The Labute approximate surface area is 97.4 Å². The van der Waals surface area contributed by atoms with E-state index in [9.17, 15) is 14.9 Å². The Hall–Kier alpha value is -2.15. The number of hydrogen-bond acceptors (Lipinski definition) is 5. The van der Waals surface area contributed by atoms with E-state index in [0.717, 1.165) is 6.07 Å². The number of carbonyl (C=O) groups is 1. The van der Waals surface area contributed by atoms with Gasteiger partial charge in [0.1, 0.15) is 11.4 Å². The predicted octanol–water partition coefficient (Wildman–Crippen LogP) is 0.976. The van der Waals surface area contributed by atoms with Crippen LogP contribution in [0.2, 0.25) is 0 Å². The minimum Gasteiger partial charge on any atom is -0.508 e. The molecule has 0 radical (unpaired) electrons. The number of nitrogens with one attached hydrogen (secondary N) is 1. The first-order valence-electron chi connectivity index (χ1n) is 4.99. The number of nitrogens with two attached hydrogens (primary N) is 1. The number of amides is 1. The Kier molecular flexibility index (Phi) is 4.00. The minimum atomic E-state index is -0.719. The van der Waals surface area contributed by atoms with Crippen LogP contribution in [0.5, 0.6) is 5.75 Å². The van der Waals surface area contributed by atoms with Crippen LogP contribution in [0, 0.1) is 10.1 Å². The summed E-state index contributed by atoms with van der Waals surface area (Å²) in [6.07, 6.45) is 0.428. The lowest BCUT2D eigenvalue weighted by atomic mass is 10.2. The van der Waals surface area contributed by atoms with Gasteiger partial charge in [-0.25, -0.2) is 0 Å². The van der Waals surface area contributed by atoms with E-state index < -0.39 is 16.9 Å². The van der Waals surface area contributed by atoms with Crippen molar-refractivity contribution in [3.63, 3.8) is 0 Å². The summed E-state index contributed by atoms with van der Waals surface area (Å²) in [5, 5.41) is 22.2. The minimum absolute atomic E-state index is 0.0155. The Morgan fingerprint density at radius 2 is 2.29 bits per heavy atom. The van der Waals surface area contributed by atoms with Gasteiger partial charge in [-0.2, -0.15) is 0 Å². The molecule has 0 saturated heterocycles. The Morgan fingerprint density at radius 1 is 1.65 bits per heavy atom. The van der Waals surface area contributed by atoms with E-state index in [2.05, 4.69) is 5.32 Å². The van der Waals surface area contributed by atoms with Crippen LogP contribution in [-0.2, 0) is 4.79 Å². The molecule has 1 rings (SSSR count). The van der Waals surface area contributed by atoms with Gasteiger partial charge in [-0.3, -0.25) is 14.9 Å². The summed E-state index contributed by atoms with van der Waals surface area (Å²) < 4.78 is 0. The van der Waals surface area contributed by atoms with Gasteiger partial charge in [0.2, 0.25) is 5.91 Å². The fraction of sp³-hybridized carbons (Fsp3) is 0.300. The van der Waals surface area contributed by atoms with Gasteiger partial charge in [-0.1, -0.05) is 6.92 Å². The first-order valence-corrected chi connectivity index (χ1v) is 4.99. The molecule has 7 heteroatoms. The van der Waals surface area contributed by atoms with Crippen molar-refractivity contribution in [1.29, 1.82) is 0 Å². The van der Waals surface area contributed by atoms with Crippen molar-refractivity contribution >= 4 is 17.3 Å². The topological polar surface area (TPSA) is 118 Å². The number of aromatic hydroxyl groups is 1. The molecule has 0 unspecified atom stereocenters. The lowest BCUT2D eigenvalue weighted by Gasteiger charge is -2.10. The molecular weight excluding hydrogens is 226 g/mol. The third-order valence-corrected chi connectivity index (χ3v) is 2.21. The first-order chi connectivity index (χ1) is 7.95. The van der Waals surface area contributed by atoms with E-state index >= 15 is 0 Å². The summed E-state index contributed by atoms with van der Waals surface area (Å²) in [7, 11) is 0. The zero-order chi connectivity index (χ0) is 13.0. The number of hydrogen-bond donors (Lipinski definition) is 3. The number of nitro benzene ring substituents is 1. The molecule has 0 aliphatic carbocycles. The highest BCUT2D eigenvalue weighted by Crippen LogP contribution is 2.28. The molecule has 1 aromatic rings. The van der Waals surface area contributed by atoms with Gasteiger partial charge in [-0.05, 0) is 18.6 Å². The Balaban J connectivity index is 2.98. The molecule has 0 saturated carbocycles. The molecular formula is C10H13N3O4. The summed E-state index contributed by atoms with van der Waals surface area (Å²) in [5.74, 6) is -0.740. The molecule has 1 amide bonds. The molecule has 7 nitrogen and oxygen atoms in total. The van der Waals surface area contributed by atoms with Gasteiger partial charge in [0.05, 0.1) is 17.0 Å². The molecule has 0 bridgehead atoms. The van der Waals surface area contributed by atoms with E-state index in [4.69, 9.17) is 10.8 Å². The maximum Gasteiger partial charge on any atom is 0.296 e. The Bertz CT molecular complexity index is 447. The maximum atomic E-state index is 11.5. The van der Waals surface area contributed by atoms with Crippen molar-refractivity contribution in [2.45, 2.75) is 19.4 Å². The van der Waals surface area contributed by atoms with E-state index in [1.807, 2.05) is 0 Å². The van der Waals surface area contributed by atoms with Crippen molar-refractivity contribution in [3.8, 4) is 5.75 Å². The van der Waals surface area contributed by atoms with E-state index in [-0.39, 0.29) is 17.1 Å². The van der Waals surface area contributed by atoms with Gasteiger partial charge in [0, 0.05) is 0 Å². The summed E-state index contributed by atoms with van der Waals surface area (Å²) in [6.45, 7) is 1.73. The third kappa shape index (κ3) is 3.15. The monoisotopic (exact) mass is 239 g/mol. The largest absolute Gasteiger partial charge is 0.508 e. The molecule has 92 valence electrons. The van der Waals surface area contributed by atoms with Crippen molar-refractivity contribution in [3.05, 3.63) is 28.3 Å². The molecule has 4 N–H and O–H groups in total. The number of phenols is 1. The van der Waals surface area contributed by atoms with Gasteiger partial charge < -0.3 is 16.2 Å². The molecule has 0 aliphatic heterocycles. The maximum absolute atomic E-state index is 11.5. The van der Waals surface area contributed by atoms with Crippen LogP contribution in [0.1, 0.15) is 13.3 Å². The van der Waals surface area contributed by atoms with Crippen molar-refractivity contribution in [2.75, 3.05) is 5.32 Å². The Morgan fingerprint density at radius 3 is 2.82 bits per heavy atom. The smallest absolute Gasteiger partial charge is 0.296 e. The number of rotatable bonds is 4. The molecule has 0 aliphatic rings. The van der Waals surface area contributed by atoms with Crippen molar-refractivity contribution < 1.29 is 14.8 Å². The summed E-state index contributed by atoms with van der Waals surface area (Å²) in [5.41, 5.74) is 5.13. The molecule has 1 atom stereocenters. The molecule has 0 heterocycles. The first kappa shape index (κ1) is 12.9. The number of anilines is 1. The van der Waals surface area contributed by atoms with Crippen LogP contribution in [0.4, 0.5) is 11.4 Å². The second-order valence-corrected chi connectivity index (χ2v) is 3.46. The van der Waals surface area contributed by atoms with Gasteiger partial charge >= 0.3 is 0 Å². The number of benzene rings is 1. The lowest BCUT2D eigenvalue weighted by molar-refractivity contribution is -0.384. The highest BCUT2D eigenvalue weighted by molar-refractivity contribution is 5.96. The molecule has 0 spiro atoms. The molecule has 0 fully saturated rings. The average Bonchev–Trinajstić information content (AvgIpc) is 2.29. The standard InChI is InChI=1S/C10H13N3O4/c1-2-7(11)10(15)12-8-4-3-6(14)5-9(8)13(16)17/h3-5,7,14H,2,11H2,1H3,(H,12,15)/t7-/m0/s1. The van der Waals surface area contributed by atoms with Crippen LogP contribution in [-0.4, -0.2) is 22.0 Å². The highest BCUT2D eigenvalue weighted by Gasteiger charge is 2.19.